The van der Waals surface area contributed by atoms with Gasteiger partial charge in [0.1, 0.15) is 6.54 Å². The first-order valence-corrected chi connectivity index (χ1v) is 8.95. The molecule has 0 aromatic heterocycles. The minimum atomic E-state index is -0.400. The van der Waals surface area contributed by atoms with Gasteiger partial charge in [0.25, 0.3) is 11.1 Å². The number of hydrogen-bond donors (Lipinski definition) is 0. The molecule has 2 heterocycles. The van der Waals surface area contributed by atoms with Crippen molar-refractivity contribution in [2.45, 2.75) is 12.8 Å². The maximum absolute atomic E-state index is 12.4. The summed E-state index contributed by atoms with van der Waals surface area (Å²) in [5, 5.41) is -0.388. The molecule has 2 aliphatic heterocycles. The molecule has 0 bridgehead atoms. The van der Waals surface area contributed by atoms with Gasteiger partial charge in [0, 0.05) is 17.6 Å². The van der Waals surface area contributed by atoms with E-state index in [-0.39, 0.29) is 17.7 Å². The van der Waals surface area contributed by atoms with Gasteiger partial charge in [0.05, 0.1) is 4.91 Å². The number of amides is 3. The number of carbonyl (C=O) groups is 3. The van der Waals surface area contributed by atoms with E-state index in [0.717, 1.165) is 39.5 Å². The molecule has 0 aliphatic carbocycles. The molecule has 1 aromatic rings. The summed E-state index contributed by atoms with van der Waals surface area (Å²) in [5.74, 6) is -0.560. The highest BCUT2D eigenvalue weighted by molar-refractivity contribution is 9.10. The standard InChI is InChI=1S/C16H15BrN2O3S/c17-12-6-2-1-5-11(12)9-13-15(21)19(16(22)23-13)10-14(20)18-7-3-4-8-18/h1-2,5-6,9H,3-4,7-8,10H2/b13-9-. The Morgan fingerprint density at radius 3 is 2.61 bits per heavy atom. The molecule has 2 aliphatic rings. The SMILES string of the molecule is O=C(CN1C(=O)S/C(=C\c2ccccc2Br)C1=O)N1CCCC1. The third-order valence-electron chi connectivity index (χ3n) is 3.82. The van der Waals surface area contributed by atoms with Gasteiger partial charge in [-0.15, -0.1) is 0 Å². The van der Waals surface area contributed by atoms with E-state index in [1.54, 1.807) is 11.0 Å². The maximum Gasteiger partial charge on any atom is 0.294 e. The molecule has 23 heavy (non-hydrogen) atoms. The highest BCUT2D eigenvalue weighted by Gasteiger charge is 2.37. The van der Waals surface area contributed by atoms with Crippen molar-refractivity contribution in [2.24, 2.45) is 0 Å². The summed E-state index contributed by atoms with van der Waals surface area (Å²) in [6.07, 6.45) is 3.64. The second-order valence-corrected chi connectivity index (χ2v) is 7.22. The molecule has 5 nitrogen and oxygen atoms in total. The third kappa shape index (κ3) is 3.50. The summed E-state index contributed by atoms with van der Waals surface area (Å²) in [7, 11) is 0. The first kappa shape index (κ1) is 16.3. The van der Waals surface area contributed by atoms with Crippen molar-refractivity contribution in [2.75, 3.05) is 19.6 Å². The van der Waals surface area contributed by atoms with Crippen molar-refractivity contribution in [3.8, 4) is 0 Å². The summed E-state index contributed by atoms with van der Waals surface area (Å²) in [6, 6.07) is 7.46. The minimum absolute atomic E-state index is 0.160. The molecule has 0 N–H and O–H groups in total. The predicted molar refractivity (Wildman–Crippen MR) is 92.6 cm³/mol. The van der Waals surface area contributed by atoms with Crippen LogP contribution in [0.4, 0.5) is 4.79 Å². The van der Waals surface area contributed by atoms with E-state index in [1.807, 2.05) is 24.3 Å². The number of hydrogen-bond acceptors (Lipinski definition) is 4. The lowest BCUT2D eigenvalue weighted by atomic mass is 10.2. The Kier molecular flexibility index (Phi) is 4.87. The fourth-order valence-corrected chi connectivity index (χ4v) is 3.80. The van der Waals surface area contributed by atoms with Crippen LogP contribution in [0.5, 0.6) is 0 Å². The van der Waals surface area contributed by atoms with Crippen LogP contribution in [0.1, 0.15) is 18.4 Å². The molecule has 2 fully saturated rings. The number of carbonyl (C=O) groups excluding carboxylic acids is 3. The van der Waals surface area contributed by atoms with Crippen LogP contribution in [0, 0.1) is 0 Å². The molecule has 7 heteroatoms. The zero-order valence-corrected chi connectivity index (χ0v) is 14.7. The fraction of sp³-hybridized carbons (Fsp3) is 0.312. The van der Waals surface area contributed by atoms with Gasteiger partial charge in [0.15, 0.2) is 0 Å². The van der Waals surface area contributed by atoms with Gasteiger partial charge in [-0.1, -0.05) is 34.1 Å². The average Bonchev–Trinajstić information content (AvgIpc) is 3.14. The summed E-state index contributed by atoms with van der Waals surface area (Å²) < 4.78 is 0.847. The lowest BCUT2D eigenvalue weighted by Gasteiger charge is -2.18. The number of likely N-dealkylation sites (tertiary alicyclic amines) is 1. The minimum Gasteiger partial charge on any atom is -0.341 e. The Morgan fingerprint density at radius 2 is 1.91 bits per heavy atom. The molecule has 0 unspecified atom stereocenters. The predicted octanol–water partition coefficient (Wildman–Crippen LogP) is 3.11. The van der Waals surface area contributed by atoms with E-state index in [4.69, 9.17) is 0 Å². The van der Waals surface area contributed by atoms with E-state index < -0.39 is 5.91 Å². The van der Waals surface area contributed by atoms with E-state index in [1.165, 1.54) is 0 Å². The van der Waals surface area contributed by atoms with Crippen molar-refractivity contribution >= 4 is 50.8 Å². The van der Waals surface area contributed by atoms with Crippen LogP contribution < -0.4 is 0 Å². The first-order chi connectivity index (χ1) is 11.1. The Balaban J connectivity index is 1.75. The molecular formula is C16H15BrN2O3S. The van der Waals surface area contributed by atoms with Gasteiger partial charge in [-0.2, -0.15) is 0 Å². The highest BCUT2D eigenvalue weighted by atomic mass is 79.9. The highest BCUT2D eigenvalue weighted by Crippen LogP contribution is 2.33. The number of imide groups is 1. The van der Waals surface area contributed by atoms with Crippen LogP contribution >= 0.6 is 27.7 Å². The van der Waals surface area contributed by atoms with Crippen molar-refractivity contribution in [1.29, 1.82) is 0 Å². The van der Waals surface area contributed by atoms with Gasteiger partial charge in [-0.25, -0.2) is 0 Å². The summed E-state index contributed by atoms with van der Waals surface area (Å²) in [6.45, 7) is 1.25. The van der Waals surface area contributed by atoms with Crippen molar-refractivity contribution in [3.63, 3.8) is 0 Å². The van der Waals surface area contributed by atoms with Gasteiger partial charge < -0.3 is 4.90 Å². The molecule has 0 saturated carbocycles. The smallest absolute Gasteiger partial charge is 0.294 e. The Morgan fingerprint density at radius 1 is 1.22 bits per heavy atom. The molecule has 2 saturated heterocycles. The molecule has 0 radical (unpaired) electrons. The molecular weight excluding hydrogens is 380 g/mol. The van der Waals surface area contributed by atoms with E-state index in [9.17, 15) is 14.4 Å². The van der Waals surface area contributed by atoms with Crippen molar-refractivity contribution in [1.82, 2.24) is 9.80 Å². The van der Waals surface area contributed by atoms with Gasteiger partial charge >= 0.3 is 0 Å². The van der Waals surface area contributed by atoms with Crippen LogP contribution in [0.2, 0.25) is 0 Å². The second-order valence-electron chi connectivity index (χ2n) is 5.38. The largest absolute Gasteiger partial charge is 0.341 e. The number of halogens is 1. The van der Waals surface area contributed by atoms with Gasteiger partial charge in [0.2, 0.25) is 5.91 Å². The summed E-state index contributed by atoms with van der Waals surface area (Å²) >= 11 is 4.29. The molecule has 1 aromatic carbocycles. The average molecular weight is 395 g/mol. The van der Waals surface area contributed by atoms with Crippen LogP contribution in [0.15, 0.2) is 33.6 Å². The normalized spacial score (nSPS) is 20.0. The van der Waals surface area contributed by atoms with E-state index in [0.29, 0.717) is 18.0 Å². The molecule has 3 amide bonds. The van der Waals surface area contributed by atoms with Crippen LogP contribution in [0.25, 0.3) is 6.08 Å². The Hall–Kier alpha value is -1.60. The molecule has 120 valence electrons. The lowest BCUT2D eigenvalue weighted by molar-refractivity contribution is -0.135. The second kappa shape index (κ2) is 6.88. The number of thioether (sulfide) groups is 1. The van der Waals surface area contributed by atoms with Crippen molar-refractivity contribution in [3.05, 3.63) is 39.2 Å². The van der Waals surface area contributed by atoms with Gasteiger partial charge in [-0.3, -0.25) is 19.3 Å². The van der Waals surface area contributed by atoms with E-state index >= 15 is 0 Å². The van der Waals surface area contributed by atoms with Crippen LogP contribution in [-0.2, 0) is 9.59 Å². The Labute approximate surface area is 146 Å². The number of nitrogens with zero attached hydrogens (tertiary/aromatic N) is 2. The zero-order valence-electron chi connectivity index (χ0n) is 12.3. The summed E-state index contributed by atoms with van der Waals surface area (Å²) in [5.41, 5.74) is 0.823. The van der Waals surface area contributed by atoms with Crippen LogP contribution in [0.3, 0.4) is 0 Å². The molecule has 0 atom stereocenters. The zero-order chi connectivity index (χ0) is 16.4. The quantitative estimate of drug-likeness (QED) is 0.739. The molecule has 3 rings (SSSR count). The van der Waals surface area contributed by atoms with E-state index in [2.05, 4.69) is 15.9 Å². The Bertz CT molecular complexity index is 698. The molecule has 0 spiro atoms. The van der Waals surface area contributed by atoms with Crippen molar-refractivity contribution < 1.29 is 14.4 Å². The lowest BCUT2D eigenvalue weighted by Crippen LogP contribution is -2.40. The third-order valence-corrected chi connectivity index (χ3v) is 5.45. The maximum atomic E-state index is 12.4. The first-order valence-electron chi connectivity index (χ1n) is 7.34. The topological polar surface area (TPSA) is 57.7 Å². The number of benzene rings is 1. The van der Waals surface area contributed by atoms with Gasteiger partial charge in [-0.05, 0) is 42.3 Å². The fourth-order valence-electron chi connectivity index (χ4n) is 2.57. The summed E-state index contributed by atoms with van der Waals surface area (Å²) in [4.78, 5) is 39.7. The monoisotopic (exact) mass is 394 g/mol. The van der Waals surface area contributed by atoms with Crippen LogP contribution in [-0.4, -0.2) is 46.5 Å². The number of rotatable bonds is 3.